The maximum absolute atomic E-state index is 12.4. The lowest BCUT2D eigenvalue weighted by atomic mass is 10.1. The first kappa shape index (κ1) is 15.9. The minimum Gasteiger partial charge on any atom is -0.374 e. The predicted octanol–water partition coefficient (Wildman–Crippen LogP) is 2.91. The molecule has 0 saturated heterocycles. The summed E-state index contributed by atoms with van der Waals surface area (Å²) in [6, 6.07) is 10.9. The minimum atomic E-state index is -0.422. The van der Waals surface area contributed by atoms with E-state index in [0.717, 1.165) is 28.0 Å². The van der Waals surface area contributed by atoms with E-state index in [1.165, 1.54) is 0 Å². The van der Waals surface area contributed by atoms with E-state index < -0.39 is 6.04 Å². The first-order valence-corrected chi connectivity index (χ1v) is 7.79. The molecule has 0 fully saturated rings. The third kappa shape index (κ3) is 3.32. The highest BCUT2D eigenvalue weighted by atomic mass is 16.2. The van der Waals surface area contributed by atoms with Gasteiger partial charge in [0.1, 0.15) is 6.04 Å². The van der Waals surface area contributed by atoms with Crippen molar-refractivity contribution in [2.45, 2.75) is 26.8 Å². The maximum atomic E-state index is 12.4. The van der Waals surface area contributed by atoms with E-state index in [1.54, 1.807) is 19.1 Å². The molecule has 1 aromatic heterocycles. The number of carbonyl (C=O) groups is 1. The first-order valence-electron chi connectivity index (χ1n) is 7.79. The molecule has 1 unspecified atom stereocenters. The second-order valence-electron chi connectivity index (χ2n) is 6.01. The smallest absolute Gasteiger partial charge is 0.323 e. The quantitative estimate of drug-likeness (QED) is 0.595. The Morgan fingerprint density at radius 3 is 2.54 bits per heavy atom. The number of H-pyrrole nitrogens is 2. The Morgan fingerprint density at radius 2 is 1.79 bits per heavy atom. The average molecular weight is 324 g/mol. The third-order valence-corrected chi connectivity index (χ3v) is 3.93. The molecule has 2 aromatic carbocycles. The van der Waals surface area contributed by atoms with Crippen molar-refractivity contribution in [2.75, 3.05) is 10.6 Å². The van der Waals surface area contributed by atoms with Crippen molar-refractivity contribution in [3.05, 3.63) is 58.0 Å². The van der Waals surface area contributed by atoms with Crippen LogP contribution in [-0.2, 0) is 4.79 Å². The highest BCUT2D eigenvalue weighted by molar-refractivity contribution is 5.97. The highest BCUT2D eigenvalue weighted by Gasteiger charge is 2.14. The van der Waals surface area contributed by atoms with Crippen LogP contribution in [0.5, 0.6) is 0 Å². The summed E-state index contributed by atoms with van der Waals surface area (Å²) in [5.74, 6) is -0.121. The van der Waals surface area contributed by atoms with E-state index in [2.05, 4.69) is 20.6 Å². The Morgan fingerprint density at radius 1 is 1.04 bits per heavy atom. The molecule has 0 bridgehead atoms. The topological polar surface area (TPSA) is 89.8 Å². The first-order chi connectivity index (χ1) is 11.4. The number of aromatic nitrogens is 2. The van der Waals surface area contributed by atoms with Gasteiger partial charge in [-0.25, -0.2) is 4.79 Å². The van der Waals surface area contributed by atoms with E-state index >= 15 is 0 Å². The fourth-order valence-corrected chi connectivity index (χ4v) is 2.63. The van der Waals surface area contributed by atoms with E-state index in [-0.39, 0.29) is 11.6 Å². The molecule has 3 rings (SSSR count). The molecule has 1 heterocycles. The van der Waals surface area contributed by atoms with E-state index in [4.69, 9.17) is 0 Å². The van der Waals surface area contributed by atoms with Gasteiger partial charge in [-0.3, -0.25) is 4.79 Å². The number of hydrogen-bond acceptors (Lipinski definition) is 3. The molecule has 3 aromatic rings. The van der Waals surface area contributed by atoms with Crippen LogP contribution in [0, 0.1) is 13.8 Å². The van der Waals surface area contributed by atoms with Crippen molar-refractivity contribution in [3.63, 3.8) is 0 Å². The van der Waals surface area contributed by atoms with Crippen LogP contribution in [0.25, 0.3) is 11.0 Å². The molecular weight excluding hydrogens is 304 g/mol. The van der Waals surface area contributed by atoms with Crippen molar-refractivity contribution in [2.24, 2.45) is 0 Å². The number of hydrogen-bond donors (Lipinski definition) is 4. The van der Waals surface area contributed by atoms with Crippen LogP contribution in [0.3, 0.4) is 0 Å². The van der Waals surface area contributed by atoms with Crippen LogP contribution in [0.1, 0.15) is 18.1 Å². The van der Waals surface area contributed by atoms with Gasteiger partial charge in [-0.15, -0.1) is 0 Å². The molecular formula is C18H20N4O2. The Balaban J connectivity index is 1.71. The molecule has 0 saturated carbocycles. The molecule has 24 heavy (non-hydrogen) atoms. The van der Waals surface area contributed by atoms with Gasteiger partial charge in [0, 0.05) is 11.4 Å². The van der Waals surface area contributed by atoms with Gasteiger partial charge in [-0.2, -0.15) is 0 Å². The molecule has 1 atom stereocenters. The molecule has 0 aliphatic carbocycles. The second-order valence-corrected chi connectivity index (χ2v) is 6.01. The lowest BCUT2D eigenvalue weighted by Crippen LogP contribution is -2.32. The van der Waals surface area contributed by atoms with Crippen molar-refractivity contribution in [1.82, 2.24) is 9.97 Å². The Labute approximate surface area is 139 Å². The summed E-state index contributed by atoms with van der Waals surface area (Å²) in [5.41, 5.74) is 4.95. The summed E-state index contributed by atoms with van der Waals surface area (Å²) in [4.78, 5) is 29.1. The van der Waals surface area contributed by atoms with Crippen LogP contribution >= 0.6 is 0 Å². The second kappa shape index (κ2) is 6.23. The SMILES string of the molecule is Cc1ccc(NC(=O)C(C)Nc2ccc3[nH]c(=O)[nH]c3c2)c(C)c1. The number of benzene rings is 2. The van der Waals surface area contributed by atoms with Crippen LogP contribution in [0.4, 0.5) is 11.4 Å². The molecule has 1 amide bonds. The monoisotopic (exact) mass is 324 g/mol. The van der Waals surface area contributed by atoms with Crippen LogP contribution in [0.15, 0.2) is 41.2 Å². The fourth-order valence-electron chi connectivity index (χ4n) is 2.63. The van der Waals surface area contributed by atoms with Crippen LogP contribution in [0.2, 0.25) is 0 Å². The van der Waals surface area contributed by atoms with Gasteiger partial charge in [0.15, 0.2) is 0 Å². The molecule has 6 nitrogen and oxygen atoms in total. The highest BCUT2D eigenvalue weighted by Crippen LogP contribution is 2.18. The number of carbonyl (C=O) groups excluding carboxylic acids is 1. The molecule has 0 aliphatic rings. The zero-order valence-electron chi connectivity index (χ0n) is 13.9. The molecule has 0 aliphatic heterocycles. The van der Waals surface area contributed by atoms with Crippen molar-refractivity contribution < 1.29 is 4.79 Å². The lowest BCUT2D eigenvalue weighted by molar-refractivity contribution is -0.116. The Bertz CT molecular complexity index is 955. The predicted molar refractivity (Wildman–Crippen MR) is 96.5 cm³/mol. The molecule has 0 radical (unpaired) electrons. The van der Waals surface area contributed by atoms with E-state index in [9.17, 15) is 9.59 Å². The van der Waals surface area contributed by atoms with Crippen molar-refractivity contribution in [3.8, 4) is 0 Å². The summed E-state index contributed by atoms with van der Waals surface area (Å²) in [6.45, 7) is 5.78. The average Bonchev–Trinajstić information content (AvgIpc) is 2.89. The van der Waals surface area contributed by atoms with E-state index in [1.807, 2.05) is 38.1 Å². The number of anilines is 2. The van der Waals surface area contributed by atoms with Gasteiger partial charge in [0.25, 0.3) is 0 Å². The number of fused-ring (bicyclic) bond motifs is 1. The number of rotatable bonds is 4. The van der Waals surface area contributed by atoms with Gasteiger partial charge in [0.05, 0.1) is 11.0 Å². The van der Waals surface area contributed by atoms with Gasteiger partial charge >= 0.3 is 5.69 Å². The van der Waals surface area contributed by atoms with Gasteiger partial charge in [0.2, 0.25) is 5.91 Å². The molecule has 124 valence electrons. The lowest BCUT2D eigenvalue weighted by Gasteiger charge is -2.16. The standard InChI is InChI=1S/C18H20N4O2/c1-10-4-6-14(11(2)8-10)20-17(23)12(3)19-13-5-7-15-16(9-13)22-18(24)21-15/h4-9,12,19H,1-3H3,(H,20,23)(H2,21,22,24). The fraction of sp³-hybridized carbons (Fsp3) is 0.222. The van der Waals surface area contributed by atoms with Gasteiger partial charge < -0.3 is 20.6 Å². The van der Waals surface area contributed by atoms with E-state index in [0.29, 0.717) is 5.52 Å². The Kier molecular flexibility index (Phi) is 4.12. The summed E-state index contributed by atoms with van der Waals surface area (Å²) in [6.07, 6.45) is 0. The van der Waals surface area contributed by atoms with Crippen molar-refractivity contribution in [1.29, 1.82) is 0 Å². The Hall–Kier alpha value is -3.02. The molecule has 0 spiro atoms. The number of nitrogens with one attached hydrogen (secondary N) is 4. The minimum absolute atomic E-state index is 0.121. The van der Waals surface area contributed by atoms with Crippen molar-refractivity contribution >= 4 is 28.3 Å². The molecule has 4 N–H and O–H groups in total. The van der Waals surface area contributed by atoms with Crippen LogP contribution in [-0.4, -0.2) is 21.9 Å². The largest absolute Gasteiger partial charge is 0.374 e. The van der Waals surface area contributed by atoms with Gasteiger partial charge in [-0.1, -0.05) is 17.7 Å². The van der Waals surface area contributed by atoms with Crippen LogP contribution < -0.4 is 16.3 Å². The number of aromatic amines is 2. The normalized spacial score (nSPS) is 12.1. The molecule has 6 heteroatoms. The summed E-state index contributed by atoms with van der Waals surface area (Å²) in [7, 11) is 0. The number of amides is 1. The third-order valence-electron chi connectivity index (χ3n) is 3.93. The summed E-state index contributed by atoms with van der Waals surface area (Å²) in [5, 5.41) is 6.08. The number of imidazole rings is 1. The zero-order chi connectivity index (χ0) is 17.3. The maximum Gasteiger partial charge on any atom is 0.323 e. The van der Waals surface area contributed by atoms with Gasteiger partial charge in [-0.05, 0) is 50.6 Å². The summed E-state index contributed by atoms with van der Waals surface area (Å²) >= 11 is 0. The summed E-state index contributed by atoms with van der Waals surface area (Å²) < 4.78 is 0. The number of aryl methyl sites for hydroxylation is 2. The zero-order valence-corrected chi connectivity index (χ0v) is 13.9.